The molecular formula is C22H16FNO4S. The monoisotopic (exact) mass is 409 g/mol. The van der Waals surface area contributed by atoms with Crippen molar-refractivity contribution in [2.45, 2.75) is 10.9 Å². The fourth-order valence-corrected chi connectivity index (χ4v) is 5.03. The molecule has 3 aromatic carbocycles. The van der Waals surface area contributed by atoms with E-state index >= 15 is 0 Å². The first-order chi connectivity index (χ1) is 13.9. The van der Waals surface area contributed by atoms with Crippen LogP contribution in [0.2, 0.25) is 0 Å². The molecule has 0 aromatic heterocycles. The standard InChI is InChI=1S/C22H16FNO4S/c23-16-11-13-17(14-12-16)24-19(15-7-3-1-4-8-15)21(20(25)22(24)26)29(27,28)18-9-5-2-6-10-18/h1-14,19,25H/t19-/m1/s1. The van der Waals surface area contributed by atoms with E-state index in [2.05, 4.69) is 0 Å². The molecule has 1 aliphatic heterocycles. The van der Waals surface area contributed by atoms with Crippen LogP contribution in [0.4, 0.5) is 10.1 Å². The second-order valence-corrected chi connectivity index (χ2v) is 8.41. The number of halogens is 1. The Labute approximate surface area is 167 Å². The van der Waals surface area contributed by atoms with Gasteiger partial charge in [0.1, 0.15) is 16.8 Å². The molecule has 29 heavy (non-hydrogen) atoms. The van der Waals surface area contributed by atoms with Gasteiger partial charge < -0.3 is 5.11 Å². The lowest BCUT2D eigenvalue weighted by Crippen LogP contribution is -2.31. The van der Waals surface area contributed by atoms with Crippen molar-refractivity contribution in [1.82, 2.24) is 0 Å². The first-order valence-electron chi connectivity index (χ1n) is 8.78. The summed E-state index contributed by atoms with van der Waals surface area (Å²) in [5.74, 6) is -2.20. The molecule has 0 saturated carbocycles. The minimum absolute atomic E-state index is 0.0313. The van der Waals surface area contributed by atoms with Gasteiger partial charge in [0, 0.05) is 5.69 Å². The number of nitrogens with zero attached hydrogens (tertiary/aromatic N) is 1. The largest absolute Gasteiger partial charge is 0.502 e. The minimum Gasteiger partial charge on any atom is -0.502 e. The van der Waals surface area contributed by atoms with Crippen molar-refractivity contribution in [3.8, 4) is 0 Å². The summed E-state index contributed by atoms with van der Waals surface area (Å²) < 4.78 is 40.1. The Morgan fingerprint density at radius 1 is 0.828 bits per heavy atom. The van der Waals surface area contributed by atoms with Crippen molar-refractivity contribution in [1.29, 1.82) is 0 Å². The number of anilines is 1. The molecule has 0 fully saturated rings. The molecule has 3 aromatic rings. The van der Waals surface area contributed by atoms with Gasteiger partial charge in [-0.05, 0) is 42.0 Å². The number of hydrogen-bond acceptors (Lipinski definition) is 4. The third-order valence-corrected chi connectivity index (χ3v) is 6.61. The van der Waals surface area contributed by atoms with Gasteiger partial charge >= 0.3 is 0 Å². The normalized spacial score (nSPS) is 17.1. The number of carbonyl (C=O) groups is 1. The van der Waals surface area contributed by atoms with Gasteiger partial charge in [0.25, 0.3) is 5.91 Å². The molecular weight excluding hydrogens is 393 g/mol. The summed E-state index contributed by atoms with van der Waals surface area (Å²) in [6.07, 6.45) is 0. The van der Waals surface area contributed by atoms with E-state index in [1.165, 1.54) is 41.3 Å². The van der Waals surface area contributed by atoms with E-state index in [0.29, 0.717) is 5.56 Å². The van der Waals surface area contributed by atoms with Crippen molar-refractivity contribution in [2.24, 2.45) is 0 Å². The summed E-state index contributed by atoms with van der Waals surface area (Å²) >= 11 is 0. The van der Waals surface area contributed by atoms with Crippen LogP contribution in [0.5, 0.6) is 0 Å². The van der Waals surface area contributed by atoms with Crippen molar-refractivity contribution >= 4 is 21.4 Å². The molecule has 0 spiro atoms. The van der Waals surface area contributed by atoms with E-state index < -0.39 is 38.3 Å². The number of hydrogen-bond donors (Lipinski definition) is 1. The average molecular weight is 409 g/mol. The molecule has 0 aliphatic carbocycles. The molecule has 1 amide bonds. The summed E-state index contributed by atoms with van der Waals surface area (Å²) in [6, 6.07) is 20.2. The number of rotatable bonds is 4. The van der Waals surface area contributed by atoms with E-state index in [1.807, 2.05) is 0 Å². The highest BCUT2D eigenvalue weighted by Crippen LogP contribution is 2.44. The smallest absolute Gasteiger partial charge is 0.295 e. The Morgan fingerprint density at radius 3 is 1.97 bits per heavy atom. The molecule has 1 heterocycles. The molecule has 0 unspecified atom stereocenters. The van der Waals surface area contributed by atoms with Crippen molar-refractivity contribution < 1.29 is 22.7 Å². The predicted octanol–water partition coefficient (Wildman–Crippen LogP) is 4.16. The maximum Gasteiger partial charge on any atom is 0.295 e. The summed E-state index contributed by atoms with van der Waals surface area (Å²) in [4.78, 5) is 13.7. The number of benzene rings is 3. The van der Waals surface area contributed by atoms with Gasteiger partial charge in [-0.1, -0.05) is 48.5 Å². The molecule has 1 atom stereocenters. The number of aliphatic hydroxyl groups is 1. The zero-order valence-corrected chi connectivity index (χ0v) is 15.9. The van der Waals surface area contributed by atoms with Crippen molar-refractivity contribution in [3.05, 3.63) is 107 Å². The maximum atomic E-state index is 13.4. The Balaban J connectivity index is 1.94. The molecule has 0 bridgehead atoms. The zero-order valence-electron chi connectivity index (χ0n) is 15.1. The minimum atomic E-state index is -4.17. The van der Waals surface area contributed by atoms with Crippen LogP contribution in [0.15, 0.2) is 100 Å². The summed E-state index contributed by atoms with van der Waals surface area (Å²) in [6.45, 7) is 0. The molecule has 0 radical (unpaired) electrons. The molecule has 0 saturated heterocycles. The SMILES string of the molecule is O=C1C(O)=C(S(=O)(=O)c2ccccc2)[C@@H](c2ccccc2)N1c1ccc(F)cc1. The van der Waals surface area contributed by atoms with Crippen molar-refractivity contribution in [2.75, 3.05) is 4.90 Å². The van der Waals surface area contributed by atoms with E-state index in [0.717, 1.165) is 0 Å². The van der Waals surface area contributed by atoms with Gasteiger partial charge in [-0.3, -0.25) is 9.69 Å². The van der Waals surface area contributed by atoms with Crippen LogP contribution in [0.25, 0.3) is 0 Å². The lowest BCUT2D eigenvalue weighted by atomic mass is 10.1. The van der Waals surface area contributed by atoms with Gasteiger partial charge in [0.15, 0.2) is 5.76 Å². The van der Waals surface area contributed by atoms with Crippen LogP contribution < -0.4 is 4.90 Å². The molecule has 1 N–H and O–H groups in total. The fourth-order valence-electron chi connectivity index (χ4n) is 3.39. The second kappa shape index (κ2) is 7.18. The first kappa shape index (κ1) is 18.9. The molecule has 146 valence electrons. The zero-order chi connectivity index (χ0) is 20.6. The lowest BCUT2D eigenvalue weighted by Gasteiger charge is -2.27. The molecule has 7 heteroatoms. The first-order valence-corrected chi connectivity index (χ1v) is 10.3. The number of aliphatic hydroxyl groups excluding tert-OH is 1. The molecule has 1 aliphatic rings. The molecule has 4 rings (SSSR count). The fraction of sp³-hybridized carbons (Fsp3) is 0.0455. The van der Waals surface area contributed by atoms with Crippen LogP contribution in [0.1, 0.15) is 11.6 Å². The third kappa shape index (κ3) is 3.19. The topological polar surface area (TPSA) is 74.7 Å². The van der Waals surface area contributed by atoms with Gasteiger partial charge in [-0.2, -0.15) is 0 Å². The highest BCUT2D eigenvalue weighted by Gasteiger charge is 2.47. The Hall–Kier alpha value is -3.45. The number of amides is 1. The van der Waals surface area contributed by atoms with E-state index in [1.54, 1.807) is 48.5 Å². The van der Waals surface area contributed by atoms with E-state index in [4.69, 9.17) is 0 Å². The highest BCUT2D eigenvalue weighted by molar-refractivity contribution is 7.95. The van der Waals surface area contributed by atoms with Gasteiger partial charge in [-0.15, -0.1) is 0 Å². The second-order valence-electron chi connectivity index (χ2n) is 6.49. The average Bonchev–Trinajstić information content (AvgIpc) is 3.01. The molecule has 5 nitrogen and oxygen atoms in total. The Bertz CT molecular complexity index is 1190. The summed E-state index contributed by atoms with van der Waals surface area (Å²) in [5.41, 5.74) is 0.777. The van der Waals surface area contributed by atoms with E-state index in [-0.39, 0.29) is 10.6 Å². The van der Waals surface area contributed by atoms with Gasteiger partial charge in [0.05, 0.1) is 4.90 Å². The van der Waals surface area contributed by atoms with Crippen LogP contribution in [-0.4, -0.2) is 19.4 Å². The van der Waals surface area contributed by atoms with Gasteiger partial charge in [-0.25, -0.2) is 12.8 Å². The van der Waals surface area contributed by atoms with Gasteiger partial charge in [0.2, 0.25) is 9.84 Å². The lowest BCUT2D eigenvalue weighted by molar-refractivity contribution is -0.117. The van der Waals surface area contributed by atoms with E-state index in [9.17, 15) is 22.7 Å². The number of carbonyl (C=O) groups excluding carboxylic acids is 1. The highest BCUT2D eigenvalue weighted by atomic mass is 32.2. The summed E-state index contributed by atoms with van der Waals surface area (Å²) in [7, 11) is -4.17. The Morgan fingerprint density at radius 2 is 1.38 bits per heavy atom. The quantitative estimate of drug-likeness (QED) is 0.702. The predicted molar refractivity (Wildman–Crippen MR) is 106 cm³/mol. The number of sulfone groups is 1. The van der Waals surface area contributed by atoms with Crippen LogP contribution in [-0.2, 0) is 14.6 Å². The van der Waals surface area contributed by atoms with Crippen molar-refractivity contribution in [3.63, 3.8) is 0 Å². The third-order valence-electron chi connectivity index (χ3n) is 4.72. The maximum absolute atomic E-state index is 13.4. The Kier molecular flexibility index (Phi) is 4.68. The van der Waals surface area contributed by atoms with Crippen LogP contribution >= 0.6 is 0 Å². The van der Waals surface area contributed by atoms with Crippen LogP contribution in [0, 0.1) is 5.82 Å². The van der Waals surface area contributed by atoms with Crippen LogP contribution in [0.3, 0.4) is 0 Å². The summed E-state index contributed by atoms with van der Waals surface area (Å²) in [5, 5.41) is 10.6.